The lowest BCUT2D eigenvalue weighted by Crippen LogP contribution is -2.23. The first-order valence-corrected chi connectivity index (χ1v) is 4.40. The fourth-order valence-corrected chi connectivity index (χ4v) is 1.02. The first kappa shape index (κ1) is 11.4. The summed E-state index contributed by atoms with van der Waals surface area (Å²) in [6.07, 6.45) is 1.89. The highest BCUT2D eigenvalue weighted by atomic mass is 16.4. The van der Waals surface area contributed by atoms with E-state index in [1.807, 2.05) is 0 Å². The lowest BCUT2D eigenvalue weighted by Gasteiger charge is -2.15. The number of aromatic nitrogens is 2. The van der Waals surface area contributed by atoms with Crippen molar-refractivity contribution in [2.75, 3.05) is 5.32 Å². The maximum atomic E-state index is 10.3. The number of aliphatic hydroxyl groups is 1. The van der Waals surface area contributed by atoms with Crippen LogP contribution >= 0.6 is 0 Å². The van der Waals surface area contributed by atoms with E-state index in [0.717, 1.165) is 0 Å². The smallest absolute Gasteiger partial charge is 0.409 e. The van der Waals surface area contributed by atoms with Crippen molar-refractivity contribution >= 4 is 11.8 Å². The van der Waals surface area contributed by atoms with Crippen molar-refractivity contribution in [3.63, 3.8) is 0 Å². The van der Waals surface area contributed by atoms with E-state index in [0.29, 0.717) is 17.9 Å². The lowest BCUT2D eigenvalue weighted by atomic mass is 10.1. The highest BCUT2D eigenvalue weighted by molar-refractivity contribution is 5.82. The molecule has 1 rings (SSSR count). The topological polar surface area (TPSA) is 95.3 Å². The van der Waals surface area contributed by atoms with Crippen LogP contribution in [0, 0.1) is 0 Å². The number of rotatable bonds is 3. The van der Waals surface area contributed by atoms with Crippen LogP contribution in [0.15, 0.2) is 12.4 Å². The molecule has 0 fully saturated rings. The Morgan fingerprint density at radius 3 is 2.40 bits per heavy atom. The molecule has 1 amide bonds. The molecule has 0 aliphatic carbocycles. The molecule has 0 aromatic carbocycles. The predicted molar refractivity (Wildman–Crippen MR) is 53.7 cm³/mol. The number of nitrogens with one attached hydrogen (secondary N) is 1. The van der Waals surface area contributed by atoms with Crippen molar-refractivity contribution in [3.8, 4) is 0 Å². The second-order valence-corrected chi connectivity index (χ2v) is 3.81. The zero-order valence-electron chi connectivity index (χ0n) is 8.56. The largest absolute Gasteiger partial charge is 0.465 e. The normalized spacial score (nSPS) is 11.1. The molecule has 0 unspecified atom stereocenters. The summed E-state index contributed by atoms with van der Waals surface area (Å²) < 4.78 is 0. The van der Waals surface area contributed by atoms with Gasteiger partial charge >= 0.3 is 6.09 Å². The fraction of sp³-hybridized carbons (Fsp3) is 0.444. The van der Waals surface area contributed by atoms with E-state index in [4.69, 9.17) is 5.11 Å². The van der Waals surface area contributed by atoms with E-state index in [-0.39, 0.29) is 0 Å². The van der Waals surface area contributed by atoms with Gasteiger partial charge in [0.2, 0.25) is 0 Å². The second kappa shape index (κ2) is 4.22. The zero-order chi connectivity index (χ0) is 11.5. The molecule has 0 saturated carbocycles. The van der Waals surface area contributed by atoms with Crippen LogP contribution in [-0.4, -0.2) is 31.9 Å². The molecular formula is C9H13N3O3. The number of anilines is 1. The van der Waals surface area contributed by atoms with Gasteiger partial charge in [0.05, 0.1) is 23.7 Å². The van der Waals surface area contributed by atoms with Crippen LogP contribution in [0.2, 0.25) is 0 Å². The first-order chi connectivity index (χ1) is 6.87. The maximum absolute atomic E-state index is 10.3. The van der Waals surface area contributed by atoms with Crippen LogP contribution in [0.1, 0.15) is 19.7 Å². The molecule has 0 radical (unpaired) electrons. The molecule has 0 atom stereocenters. The molecule has 3 N–H and O–H groups in total. The summed E-state index contributed by atoms with van der Waals surface area (Å²) in [5.41, 5.74) is -0.566. The number of nitrogens with zero attached hydrogens (tertiary/aromatic N) is 2. The van der Waals surface area contributed by atoms with Crippen molar-refractivity contribution in [1.29, 1.82) is 0 Å². The zero-order valence-corrected chi connectivity index (χ0v) is 8.56. The number of hydrogen-bond donors (Lipinski definition) is 3. The van der Waals surface area contributed by atoms with Crippen molar-refractivity contribution in [2.45, 2.75) is 25.9 Å². The Labute approximate surface area is 87.0 Å². The van der Waals surface area contributed by atoms with Crippen molar-refractivity contribution in [2.24, 2.45) is 0 Å². The van der Waals surface area contributed by atoms with Gasteiger partial charge in [-0.05, 0) is 13.8 Å². The number of carbonyl (C=O) groups is 1. The monoisotopic (exact) mass is 211 g/mol. The highest BCUT2D eigenvalue weighted by Gasteiger charge is 2.15. The minimum atomic E-state index is -1.16. The molecular weight excluding hydrogens is 198 g/mol. The molecule has 0 spiro atoms. The van der Waals surface area contributed by atoms with Gasteiger partial charge in [-0.3, -0.25) is 5.32 Å². The fourth-order valence-electron chi connectivity index (χ4n) is 1.02. The van der Waals surface area contributed by atoms with Crippen molar-refractivity contribution in [3.05, 3.63) is 18.2 Å². The van der Waals surface area contributed by atoms with Gasteiger partial charge in [0.1, 0.15) is 5.82 Å². The van der Waals surface area contributed by atoms with Gasteiger partial charge in [-0.25, -0.2) is 14.8 Å². The van der Waals surface area contributed by atoms with Crippen molar-refractivity contribution < 1.29 is 15.0 Å². The van der Waals surface area contributed by atoms with Crippen LogP contribution in [0.5, 0.6) is 0 Å². The predicted octanol–water partition coefficient (Wildman–Crippen LogP) is 0.880. The Hall–Kier alpha value is -1.69. The molecule has 15 heavy (non-hydrogen) atoms. The molecule has 1 aromatic rings. The van der Waals surface area contributed by atoms with Crippen molar-refractivity contribution in [1.82, 2.24) is 9.97 Å². The summed E-state index contributed by atoms with van der Waals surface area (Å²) in [6, 6.07) is 0. The number of hydrogen-bond acceptors (Lipinski definition) is 4. The van der Waals surface area contributed by atoms with Gasteiger partial charge in [-0.2, -0.15) is 0 Å². The summed E-state index contributed by atoms with van der Waals surface area (Å²) in [5.74, 6) is 0.471. The SMILES string of the molecule is CC(C)(O)Cc1ncc(NC(=O)O)cn1. The van der Waals surface area contributed by atoms with Crippen LogP contribution in [0.4, 0.5) is 10.5 Å². The Morgan fingerprint density at radius 1 is 1.47 bits per heavy atom. The van der Waals surface area contributed by atoms with Gasteiger partial charge in [0, 0.05) is 6.42 Å². The molecule has 0 saturated heterocycles. The highest BCUT2D eigenvalue weighted by Crippen LogP contribution is 2.09. The van der Waals surface area contributed by atoms with Gasteiger partial charge in [0.25, 0.3) is 0 Å². The van der Waals surface area contributed by atoms with E-state index in [9.17, 15) is 9.90 Å². The Morgan fingerprint density at radius 2 is 2.00 bits per heavy atom. The minimum Gasteiger partial charge on any atom is -0.465 e. The molecule has 1 heterocycles. The summed E-state index contributed by atoms with van der Waals surface area (Å²) in [7, 11) is 0. The summed E-state index contributed by atoms with van der Waals surface area (Å²) >= 11 is 0. The lowest BCUT2D eigenvalue weighted by molar-refractivity contribution is 0.0788. The third-order valence-electron chi connectivity index (χ3n) is 1.55. The summed E-state index contributed by atoms with van der Waals surface area (Å²) in [6.45, 7) is 3.31. The minimum absolute atomic E-state index is 0.307. The van der Waals surface area contributed by atoms with Gasteiger partial charge < -0.3 is 10.2 Å². The Balaban J connectivity index is 2.68. The van der Waals surface area contributed by atoms with E-state index >= 15 is 0 Å². The molecule has 6 nitrogen and oxygen atoms in total. The number of carboxylic acid groups (broad SMARTS) is 1. The molecule has 6 heteroatoms. The molecule has 0 bridgehead atoms. The van der Waals surface area contributed by atoms with Crippen LogP contribution in [-0.2, 0) is 6.42 Å². The van der Waals surface area contributed by atoms with Gasteiger partial charge in [-0.15, -0.1) is 0 Å². The van der Waals surface area contributed by atoms with E-state index in [2.05, 4.69) is 15.3 Å². The van der Waals surface area contributed by atoms with E-state index in [1.54, 1.807) is 13.8 Å². The third-order valence-corrected chi connectivity index (χ3v) is 1.55. The van der Waals surface area contributed by atoms with E-state index < -0.39 is 11.7 Å². The standard InChI is InChI=1S/C9H13N3O3/c1-9(2,15)3-7-10-4-6(5-11-7)12-8(13)14/h4-5,12,15H,3H2,1-2H3,(H,13,14). The quantitative estimate of drug-likeness (QED) is 0.689. The molecule has 82 valence electrons. The number of amides is 1. The Bertz CT molecular complexity index is 343. The Kier molecular flexibility index (Phi) is 3.21. The summed E-state index contributed by atoms with van der Waals surface area (Å²) in [5, 5.41) is 20.0. The van der Waals surface area contributed by atoms with Gasteiger partial charge in [0.15, 0.2) is 0 Å². The third kappa shape index (κ3) is 4.37. The maximum Gasteiger partial charge on any atom is 0.409 e. The molecule has 0 aliphatic heterocycles. The van der Waals surface area contributed by atoms with Crippen LogP contribution in [0.3, 0.4) is 0 Å². The van der Waals surface area contributed by atoms with Crippen LogP contribution in [0.25, 0.3) is 0 Å². The average Bonchev–Trinajstić information content (AvgIpc) is 2.05. The first-order valence-electron chi connectivity index (χ1n) is 4.40. The van der Waals surface area contributed by atoms with Crippen LogP contribution < -0.4 is 5.32 Å². The average molecular weight is 211 g/mol. The second-order valence-electron chi connectivity index (χ2n) is 3.81. The molecule has 1 aromatic heterocycles. The summed E-state index contributed by atoms with van der Waals surface area (Å²) in [4.78, 5) is 18.1. The molecule has 0 aliphatic rings. The van der Waals surface area contributed by atoms with Gasteiger partial charge in [-0.1, -0.05) is 0 Å². The van der Waals surface area contributed by atoms with E-state index in [1.165, 1.54) is 12.4 Å².